The van der Waals surface area contributed by atoms with Crippen LogP contribution in [-0.4, -0.2) is 64.7 Å². The molecule has 0 unspecified atom stereocenters. The number of fused-ring (bicyclic) bond motifs is 1. The second-order valence-corrected chi connectivity index (χ2v) is 13.4. The molecule has 1 heterocycles. The summed E-state index contributed by atoms with van der Waals surface area (Å²) >= 11 is 1.18. The summed E-state index contributed by atoms with van der Waals surface area (Å²) in [5.41, 5.74) is 1.05. The summed E-state index contributed by atoms with van der Waals surface area (Å²) < 4.78 is 83.7. The Morgan fingerprint density at radius 1 is 1.11 bits per heavy atom. The fourth-order valence-corrected chi connectivity index (χ4v) is 5.70. The predicted octanol–water partition coefficient (Wildman–Crippen LogP) is 6.29. The van der Waals surface area contributed by atoms with Gasteiger partial charge in [-0.25, -0.2) is 0 Å². The third-order valence-corrected chi connectivity index (χ3v) is 8.16. The molecule has 0 amide bonds. The van der Waals surface area contributed by atoms with Crippen LogP contribution in [0.15, 0.2) is 36.4 Å². The van der Waals surface area contributed by atoms with E-state index in [-0.39, 0.29) is 23.5 Å². The number of anilines is 2. The standard InChI is InChI=1S/C26H29F5N3O2PS/c1-34(2)14-13-33-21-8-5-7-18-19(16-26(29,30)31)23(38-24(18)21)9-6-12-32-20-11-10-17(37(3,4)35)15-22(20)36-25(27)28/h5,7-8,10-11,15,25,32-33H,12-14,16H2,1-4H3. The van der Waals surface area contributed by atoms with Crippen LogP contribution in [-0.2, 0) is 11.0 Å². The zero-order valence-electron chi connectivity index (χ0n) is 21.4. The van der Waals surface area contributed by atoms with Crippen LogP contribution >= 0.6 is 18.5 Å². The van der Waals surface area contributed by atoms with Crippen LogP contribution in [0.5, 0.6) is 5.75 Å². The van der Waals surface area contributed by atoms with Crippen molar-refractivity contribution in [2.24, 2.45) is 0 Å². The third kappa shape index (κ3) is 8.35. The molecule has 206 valence electrons. The number of nitrogens with zero attached hydrogens (tertiary/aromatic N) is 1. The molecule has 5 nitrogen and oxygen atoms in total. The molecule has 0 aliphatic rings. The van der Waals surface area contributed by atoms with Gasteiger partial charge in [0, 0.05) is 18.4 Å². The van der Waals surface area contributed by atoms with Crippen molar-refractivity contribution in [3.8, 4) is 17.6 Å². The van der Waals surface area contributed by atoms with Crippen LogP contribution in [0.2, 0.25) is 0 Å². The number of hydrogen-bond donors (Lipinski definition) is 2. The Bertz CT molecular complexity index is 1370. The Hall–Kier alpha value is -2.80. The van der Waals surface area contributed by atoms with E-state index in [0.717, 1.165) is 12.2 Å². The fraction of sp³-hybridized carbons (Fsp3) is 0.385. The molecule has 0 radical (unpaired) electrons. The van der Waals surface area contributed by atoms with Gasteiger partial charge in [-0.2, -0.15) is 22.0 Å². The monoisotopic (exact) mass is 573 g/mol. The van der Waals surface area contributed by atoms with Gasteiger partial charge in [-0.15, -0.1) is 11.3 Å². The summed E-state index contributed by atoms with van der Waals surface area (Å²) in [6.07, 6.45) is -5.54. The van der Waals surface area contributed by atoms with Gasteiger partial charge < -0.3 is 24.8 Å². The van der Waals surface area contributed by atoms with Gasteiger partial charge in [0.25, 0.3) is 0 Å². The van der Waals surface area contributed by atoms with Gasteiger partial charge in [-0.1, -0.05) is 24.0 Å². The van der Waals surface area contributed by atoms with E-state index in [1.807, 2.05) is 25.1 Å². The summed E-state index contributed by atoms with van der Waals surface area (Å²) in [6, 6.07) is 9.50. The van der Waals surface area contributed by atoms with Gasteiger partial charge in [-0.3, -0.25) is 0 Å². The minimum absolute atomic E-state index is 0.0392. The highest BCUT2D eigenvalue weighted by Crippen LogP contribution is 2.39. The largest absolute Gasteiger partial charge is 0.433 e. The molecule has 1 aromatic heterocycles. The molecule has 2 aromatic carbocycles. The SMILES string of the molecule is CN(C)CCNc1cccc2c(CC(F)(F)F)c(C#CCNc3ccc(P(C)(C)=O)cc3OC(F)F)sc12. The highest BCUT2D eigenvalue weighted by molar-refractivity contribution is 7.70. The first kappa shape index (κ1) is 29.8. The van der Waals surface area contributed by atoms with Crippen molar-refractivity contribution in [3.05, 3.63) is 46.8 Å². The van der Waals surface area contributed by atoms with E-state index in [1.165, 1.54) is 36.8 Å². The van der Waals surface area contributed by atoms with Crippen molar-refractivity contribution in [1.82, 2.24) is 4.90 Å². The molecular formula is C26H29F5N3O2PS. The average molecular weight is 574 g/mol. The molecule has 0 saturated carbocycles. The molecule has 0 atom stereocenters. The Morgan fingerprint density at radius 3 is 2.47 bits per heavy atom. The lowest BCUT2D eigenvalue weighted by molar-refractivity contribution is -0.126. The lowest BCUT2D eigenvalue weighted by Gasteiger charge is -2.14. The zero-order valence-corrected chi connectivity index (χ0v) is 23.1. The molecule has 2 N–H and O–H groups in total. The molecule has 0 aliphatic carbocycles. The minimum Gasteiger partial charge on any atom is -0.433 e. The number of alkyl halides is 5. The van der Waals surface area contributed by atoms with E-state index in [0.29, 0.717) is 26.8 Å². The van der Waals surface area contributed by atoms with E-state index >= 15 is 0 Å². The number of halogens is 5. The number of nitrogens with one attached hydrogen (secondary N) is 2. The first-order valence-corrected chi connectivity index (χ1v) is 15.0. The molecule has 38 heavy (non-hydrogen) atoms. The van der Waals surface area contributed by atoms with E-state index < -0.39 is 26.4 Å². The van der Waals surface area contributed by atoms with Crippen LogP contribution in [0, 0.1) is 11.8 Å². The van der Waals surface area contributed by atoms with Crippen molar-refractivity contribution in [2.45, 2.75) is 19.2 Å². The highest BCUT2D eigenvalue weighted by atomic mass is 32.1. The lowest BCUT2D eigenvalue weighted by atomic mass is 10.1. The van der Waals surface area contributed by atoms with Gasteiger partial charge in [0.15, 0.2) is 0 Å². The summed E-state index contributed by atoms with van der Waals surface area (Å²) in [4.78, 5) is 2.29. The van der Waals surface area contributed by atoms with E-state index in [1.54, 1.807) is 18.2 Å². The molecule has 0 spiro atoms. The van der Waals surface area contributed by atoms with Crippen LogP contribution in [0.3, 0.4) is 0 Å². The number of likely N-dealkylation sites (N-methyl/N-ethyl adjacent to an activating group) is 1. The maximum Gasteiger partial charge on any atom is 0.393 e. The molecule has 3 aromatic rings. The smallest absolute Gasteiger partial charge is 0.393 e. The van der Waals surface area contributed by atoms with Crippen molar-refractivity contribution >= 4 is 45.2 Å². The average Bonchev–Trinajstić information content (AvgIpc) is 3.13. The van der Waals surface area contributed by atoms with E-state index in [2.05, 4.69) is 27.2 Å². The fourth-order valence-electron chi connectivity index (χ4n) is 3.65. The number of thiophene rings is 1. The van der Waals surface area contributed by atoms with Gasteiger partial charge in [0.1, 0.15) is 12.9 Å². The third-order valence-electron chi connectivity index (χ3n) is 5.44. The van der Waals surface area contributed by atoms with Crippen LogP contribution in [0.25, 0.3) is 10.1 Å². The summed E-state index contributed by atoms with van der Waals surface area (Å²) in [7, 11) is 1.15. The minimum atomic E-state index is -4.42. The van der Waals surface area contributed by atoms with Crippen molar-refractivity contribution in [2.75, 3.05) is 57.7 Å². The Balaban J connectivity index is 1.89. The van der Waals surface area contributed by atoms with E-state index in [9.17, 15) is 26.5 Å². The van der Waals surface area contributed by atoms with Crippen LogP contribution < -0.4 is 20.7 Å². The molecular weight excluding hydrogens is 544 g/mol. The maximum atomic E-state index is 13.4. The molecule has 0 bridgehead atoms. The first-order chi connectivity index (χ1) is 17.7. The second-order valence-electron chi connectivity index (χ2n) is 9.18. The molecule has 0 saturated heterocycles. The highest BCUT2D eigenvalue weighted by Gasteiger charge is 2.31. The van der Waals surface area contributed by atoms with Gasteiger partial charge in [0.2, 0.25) is 0 Å². The Labute approximate surface area is 222 Å². The Kier molecular flexibility index (Phi) is 9.69. The van der Waals surface area contributed by atoms with Crippen molar-refractivity contribution < 1.29 is 31.3 Å². The zero-order chi connectivity index (χ0) is 28.1. The summed E-state index contributed by atoms with van der Waals surface area (Å²) in [5, 5.41) is 7.01. The number of ether oxygens (including phenoxy) is 1. The molecule has 3 rings (SSSR count). The number of hydrogen-bond acceptors (Lipinski definition) is 6. The number of rotatable bonds is 10. The van der Waals surface area contributed by atoms with Crippen LogP contribution in [0.4, 0.5) is 33.3 Å². The van der Waals surface area contributed by atoms with Crippen molar-refractivity contribution in [1.29, 1.82) is 0 Å². The molecule has 12 heteroatoms. The second kappa shape index (κ2) is 12.4. The van der Waals surface area contributed by atoms with Gasteiger partial charge >= 0.3 is 12.8 Å². The van der Waals surface area contributed by atoms with Gasteiger partial charge in [-0.05, 0) is 62.6 Å². The van der Waals surface area contributed by atoms with Crippen LogP contribution in [0.1, 0.15) is 10.4 Å². The summed E-state index contributed by atoms with van der Waals surface area (Å²) in [5.74, 6) is 5.44. The normalized spacial score (nSPS) is 12.1. The Morgan fingerprint density at radius 2 is 1.84 bits per heavy atom. The first-order valence-electron chi connectivity index (χ1n) is 11.6. The summed E-state index contributed by atoms with van der Waals surface area (Å²) in [6.45, 7) is 1.27. The van der Waals surface area contributed by atoms with E-state index in [4.69, 9.17) is 0 Å². The van der Waals surface area contributed by atoms with Crippen molar-refractivity contribution in [3.63, 3.8) is 0 Å². The topological polar surface area (TPSA) is 53.6 Å². The number of benzene rings is 2. The maximum absolute atomic E-state index is 13.4. The molecule has 0 fully saturated rings. The quantitative estimate of drug-likeness (QED) is 0.170. The van der Waals surface area contributed by atoms with Gasteiger partial charge in [0.05, 0.1) is 33.9 Å². The predicted molar refractivity (Wildman–Crippen MR) is 146 cm³/mol. The molecule has 0 aliphatic heterocycles. The lowest BCUT2D eigenvalue weighted by Crippen LogP contribution is -2.20.